The molecule has 0 bridgehead atoms. The Balaban J connectivity index is 1.84. The Bertz CT molecular complexity index is 708. The van der Waals surface area contributed by atoms with Crippen molar-refractivity contribution in [3.63, 3.8) is 0 Å². The van der Waals surface area contributed by atoms with Crippen molar-refractivity contribution in [3.8, 4) is 11.1 Å². The molecule has 0 saturated heterocycles. The highest BCUT2D eigenvalue weighted by molar-refractivity contribution is 5.73. The minimum absolute atomic E-state index is 0.681. The lowest BCUT2D eigenvalue weighted by atomic mass is 9.77. The van der Waals surface area contributed by atoms with Crippen LogP contribution in [0.4, 0.5) is 0 Å². The summed E-state index contributed by atoms with van der Waals surface area (Å²) >= 11 is 0. The SMILES string of the molecule is Cc1ccc2c(c1)-c1ccccc1C(C1C=CCCC1)CC2. The highest BCUT2D eigenvalue weighted by atomic mass is 14.3. The van der Waals surface area contributed by atoms with Crippen LogP contribution in [0, 0.1) is 12.8 Å². The third-order valence-corrected chi connectivity index (χ3v) is 5.45. The maximum Gasteiger partial charge on any atom is -0.00897 e. The van der Waals surface area contributed by atoms with Gasteiger partial charge >= 0.3 is 0 Å². The molecule has 0 amide bonds. The van der Waals surface area contributed by atoms with Gasteiger partial charge in [-0.05, 0) is 73.1 Å². The summed E-state index contributed by atoms with van der Waals surface area (Å²) in [6.07, 6.45) is 11.4. The number of rotatable bonds is 1. The van der Waals surface area contributed by atoms with E-state index < -0.39 is 0 Å². The Labute approximate surface area is 133 Å². The van der Waals surface area contributed by atoms with Gasteiger partial charge in [-0.3, -0.25) is 0 Å². The predicted molar refractivity (Wildman–Crippen MR) is 94.2 cm³/mol. The maximum absolute atomic E-state index is 2.49. The van der Waals surface area contributed by atoms with Crippen molar-refractivity contribution >= 4 is 0 Å². The number of benzene rings is 2. The quantitative estimate of drug-likeness (QED) is 0.560. The number of fused-ring (bicyclic) bond motifs is 3. The van der Waals surface area contributed by atoms with E-state index >= 15 is 0 Å². The van der Waals surface area contributed by atoms with Gasteiger partial charge in [0.1, 0.15) is 0 Å². The summed E-state index contributed by atoms with van der Waals surface area (Å²) in [5.74, 6) is 1.41. The van der Waals surface area contributed by atoms with Crippen LogP contribution in [-0.2, 0) is 6.42 Å². The van der Waals surface area contributed by atoms with E-state index in [-0.39, 0.29) is 0 Å². The van der Waals surface area contributed by atoms with Crippen LogP contribution in [0.1, 0.15) is 48.3 Å². The maximum atomic E-state index is 2.49. The highest BCUT2D eigenvalue weighted by Crippen LogP contribution is 2.44. The van der Waals surface area contributed by atoms with Crippen LogP contribution in [-0.4, -0.2) is 0 Å². The second kappa shape index (κ2) is 5.76. The topological polar surface area (TPSA) is 0 Å². The summed E-state index contributed by atoms with van der Waals surface area (Å²) in [6, 6.07) is 16.1. The van der Waals surface area contributed by atoms with Gasteiger partial charge in [0.25, 0.3) is 0 Å². The zero-order chi connectivity index (χ0) is 14.9. The Morgan fingerprint density at radius 3 is 2.73 bits per heavy atom. The predicted octanol–water partition coefficient (Wildman–Crippen LogP) is 6.05. The zero-order valence-corrected chi connectivity index (χ0v) is 13.4. The molecule has 4 rings (SSSR count). The number of aryl methyl sites for hydroxylation is 2. The molecule has 0 heterocycles. The molecular weight excluding hydrogens is 264 g/mol. The standard InChI is InChI=1S/C22H24/c1-16-11-12-18-13-14-19(17-7-3-2-4-8-17)20-9-5-6-10-21(20)22(18)15-16/h3,5-7,9-12,15,17,19H,2,4,8,13-14H2,1H3. The van der Waals surface area contributed by atoms with Crippen molar-refractivity contribution in [2.75, 3.05) is 0 Å². The molecule has 2 aliphatic carbocycles. The third kappa shape index (κ3) is 2.41. The van der Waals surface area contributed by atoms with Gasteiger partial charge in [-0.1, -0.05) is 60.2 Å². The van der Waals surface area contributed by atoms with E-state index in [2.05, 4.69) is 61.5 Å². The van der Waals surface area contributed by atoms with Crippen molar-refractivity contribution in [1.29, 1.82) is 0 Å². The van der Waals surface area contributed by atoms with Crippen LogP contribution >= 0.6 is 0 Å². The minimum Gasteiger partial charge on any atom is -0.0882 e. The smallest absolute Gasteiger partial charge is 0.00897 e. The van der Waals surface area contributed by atoms with Crippen LogP contribution in [0.3, 0.4) is 0 Å². The van der Waals surface area contributed by atoms with E-state index in [1.807, 2.05) is 0 Å². The van der Waals surface area contributed by atoms with Gasteiger partial charge in [0.2, 0.25) is 0 Å². The molecule has 2 aromatic rings. The normalized spacial score (nSPS) is 23.5. The summed E-state index contributed by atoms with van der Waals surface area (Å²) in [7, 11) is 0. The van der Waals surface area contributed by atoms with Gasteiger partial charge in [0, 0.05) is 0 Å². The Morgan fingerprint density at radius 2 is 1.86 bits per heavy atom. The van der Waals surface area contributed by atoms with Crippen molar-refractivity contribution in [2.24, 2.45) is 5.92 Å². The molecular formula is C22H24. The van der Waals surface area contributed by atoms with Crippen molar-refractivity contribution in [3.05, 3.63) is 71.3 Å². The van der Waals surface area contributed by atoms with Crippen molar-refractivity contribution in [2.45, 2.75) is 44.9 Å². The molecule has 2 aliphatic rings. The second-order valence-corrected chi connectivity index (χ2v) is 6.92. The van der Waals surface area contributed by atoms with E-state index in [1.54, 1.807) is 5.56 Å². The van der Waals surface area contributed by atoms with Gasteiger partial charge < -0.3 is 0 Å². The molecule has 22 heavy (non-hydrogen) atoms. The molecule has 112 valence electrons. The van der Waals surface area contributed by atoms with Crippen LogP contribution in [0.5, 0.6) is 0 Å². The molecule has 0 aliphatic heterocycles. The highest BCUT2D eigenvalue weighted by Gasteiger charge is 2.27. The first kappa shape index (κ1) is 13.8. The third-order valence-electron chi connectivity index (χ3n) is 5.45. The molecule has 0 N–H and O–H groups in total. The molecule has 0 saturated carbocycles. The molecule has 2 aromatic carbocycles. The fourth-order valence-corrected chi connectivity index (χ4v) is 4.31. The first-order chi connectivity index (χ1) is 10.8. The first-order valence-electron chi connectivity index (χ1n) is 8.68. The number of hydrogen-bond acceptors (Lipinski definition) is 0. The van der Waals surface area contributed by atoms with Gasteiger partial charge in [-0.15, -0.1) is 0 Å². The largest absolute Gasteiger partial charge is 0.0882 e. The lowest BCUT2D eigenvalue weighted by Gasteiger charge is -2.27. The zero-order valence-electron chi connectivity index (χ0n) is 13.4. The Kier molecular flexibility index (Phi) is 3.62. The minimum atomic E-state index is 0.681. The van der Waals surface area contributed by atoms with Gasteiger partial charge in [0.15, 0.2) is 0 Å². The summed E-state index contributed by atoms with van der Waals surface area (Å²) in [4.78, 5) is 0. The molecule has 0 aromatic heterocycles. The fourth-order valence-electron chi connectivity index (χ4n) is 4.31. The van der Waals surface area contributed by atoms with E-state index in [4.69, 9.17) is 0 Å². The van der Waals surface area contributed by atoms with E-state index in [0.717, 1.165) is 5.92 Å². The summed E-state index contributed by atoms with van der Waals surface area (Å²) < 4.78 is 0. The van der Waals surface area contributed by atoms with E-state index in [9.17, 15) is 0 Å². The van der Waals surface area contributed by atoms with E-state index in [0.29, 0.717) is 5.92 Å². The lowest BCUT2D eigenvalue weighted by Crippen LogP contribution is -2.13. The average Bonchev–Trinajstić information content (AvgIpc) is 2.73. The van der Waals surface area contributed by atoms with Gasteiger partial charge in [-0.25, -0.2) is 0 Å². The Hall–Kier alpha value is -1.82. The van der Waals surface area contributed by atoms with Crippen molar-refractivity contribution < 1.29 is 0 Å². The van der Waals surface area contributed by atoms with E-state index in [1.165, 1.54) is 54.4 Å². The number of allylic oxidation sites excluding steroid dienone is 2. The summed E-state index contributed by atoms with van der Waals surface area (Å²) in [5.41, 5.74) is 7.41. The molecule has 0 nitrogen and oxygen atoms in total. The monoisotopic (exact) mass is 288 g/mol. The van der Waals surface area contributed by atoms with Crippen LogP contribution < -0.4 is 0 Å². The molecule has 0 fully saturated rings. The second-order valence-electron chi connectivity index (χ2n) is 6.92. The average molecular weight is 288 g/mol. The first-order valence-corrected chi connectivity index (χ1v) is 8.68. The van der Waals surface area contributed by atoms with Gasteiger partial charge in [-0.2, -0.15) is 0 Å². The molecule has 2 unspecified atom stereocenters. The van der Waals surface area contributed by atoms with Crippen LogP contribution in [0.2, 0.25) is 0 Å². The molecule has 0 heteroatoms. The molecule has 2 atom stereocenters. The van der Waals surface area contributed by atoms with Gasteiger partial charge in [0.05, 0.1) is 0 Å². The summed E-state index contributed by atoms with van der Waals surface area (Å²) in [5, 5.41) is 0. The molecule has 0 spiro atoms. The van der Waals surface area contributed by atoms with Crippen molar-refractivity contribution in [1.82, 2.24) is 0 Å². The Morgan fingerprint density at radius 1 is 0.955 bits per heavy atom. The number of hydrogen-bond donors (Lipinski definition) is 0. The van der Waals surface area contributed by atoms with Crippen LogP contribution in [0.25, 0.3) is 11.1 Å². The van der Waals surface area contributed by atoms with Crippen LogP contribution in [0.15, 0.2) is 54.6 Å². The fraction of sp³-hybridized carbons (Fsp3) is 0.364. The molecule has 0 radical (unpaired) electrons. The lowest BCUT2D eigenvalue weighted by molar-refractivity contribution is 0.428. The summed E-state index contributed by atoms with van der Waals surface area (Å²) in [6.45, 7) is 2.20.